The van der Waals surface area contributed by atoms with Crippen molar-refractivity contribution in [1.29, 1.82) is 0 Å². The van der Waals surface area contributed by atoms with Gasteiger partial charge in [0.1, 0.15) is 0 Å². The van der Waals surface area contributed by atoms with E-state index < -0.39 is 0 Å². The lowest BCUT2D eigenvalue weighted by Gasteiger charge is -2.54. The predicted molar refractivity (Wildman–Crippen MR) is 104 cm³/mol. The van der Waals surface area contributed by atoms with E-state index in [1.165, 1.54) is 22.2 Å². The second-order valence-corrected chi connectivity index (χ2v) is 9.23. The third kappa shape index (κ3) is 2.57. The van der Waals surface area contributed by atoms with Gasteiger partial charge in [0.15, 0.2) is 0 Å². The molecule has 4 rings (SSSR count). The summed E-state index contributed by atoms with van der Waals surface area (Å²) in [6.45, 7) is 9.35. The minimum atomic E-state index is -0.208. The number of nitrogens with one attached hydrogen (secondary N) is 1. The largest absolute Gasteiger partial charge is 0.392 e. The molecule has 0 spiro atoms. The number of para-hydroxylation sites is 1. The van der Waals surface area contributed by atoms with Crippen LogP contribution in [0, 0.1) is 22.7 Å². The molecule has 4 atom stereocenters. The van der Waals surface area contributed by atoms with Crippen molar-refractivity contribution in [3.8, 4) is 0 Å². The fourth-order valence-electron chi connectivity index (χ4n) is 5.43. The Bertz CT molecular complexity index is 781. The number of rotatable bonds is 2. The van der Waals surface area contributed by atoms with Crippen LogP contribution in [0.1, 0.15) is 52.7 Å². The van der Waals surface area contributed by atoms with Gasteiger partial charge < -0.3 is 10.1 Å². The molecule has 0 aliphatic heterocycles. The van der Waals surface area contributed by atoms with Crippen molar-refractivity contribution < 1.29 is 5.11 Å². The molecule has 0 saturated heterocycles. The first-order valence-corrected chi connectivity index (χ1v) is 9.77. The maximum absolute atomic E-state index is 10.5. The fraction of sp³-hybridized carbons (Fsp3) is 0.565. The first kappa shape index (κ1) is 16.9. The highest BCUT2D eigenvalue weighted by Crippen LogP contribution is 2.57. The number of H-pyrrole nitrogens is 1. The van der Waals surface area contributed by atoms with Gasteiger partial charge in [-0.15, -0.1) is 0 Å². The number of allylic oxidation sites excluding steroid dienone is 1. The minimum Gasteiger partial charge on any atom is -0.392 e. The zero-order valence-corrected chi connectivity index (χ0v) is 16.0. The third-order valence-corrected chi connectivity index (χ3v) is 7.45. The number of aliphatic hydroxyl groups excluding tert-OH is 1. The Hall–Kier alpha value is -1.54. The number of hydrogen-bond acceptors (Lipinski definition) is 1. The summed E-state index contributed by atoms with van der Waals surface area (Å²) in [4.78, 5) is 3.64. The Morgan fingerprint density at radius 3 is 2.68 bits per heavy atom. The summed E-state index contributed by atoms with van der Waals surface area (Å²) in [6, 6.07) is 10.9. The molecule has 1 heterocycles. The number of fused-ring (bicyclic) bond motifs is 2. The molecule has 0 bridgehead atoms. The average molecular weight is 338 g/mol. The van der Waals surface area contributed by atoms with Crippen molar-refractivity contribution in [3.05, 3.63) is 47.7 Å². The van der Waals surface area contributed by atoms with Gasteiger partial charge in [-0.1, -0.05) is 57.5 Å². The first-order chi connectivity index (χ1) is 11.8. The van der Waals surface area contributed by atoms with Crippen LogP contribution in [-0.2, 0) is 6.42 Å². The summed E-state index contributed by atoms with van der Waals surface area (Å²) in [5, 5.41) is 11.9. The second kappa shape index (κ2) is 5.74. The van der Waals surface area contributed by atoms with Crippen LogP contribution in [-0.4, -0.2) is 16.2 Å². The predicted octanol–water partition coefficient (Wildman–Crippen LogP) is 5.48. The zero-order chi connectivity index (χ0) is 17.8. The Morgan fingerprint density at radius 1 is 1.16 bits per heavy atom. The maximum atomic E-state index is 10.5. The van der Waals surface area contributed by atoms with E-state index in [-0.39, 0.29) is 16.9 Å². The lowest BCUT2D eigenvalue weighted by Crippen LogP contribution is -2.49. The van der Waals surface area contributed by atoms with E-state index >= 15 is 0 Å². The molecule has 2 heteroatoms. The van der Waals surface area contributed by atoms with Crippen LogP contribution in [0.3, 0.4) is 0 Å². The van der Waals surface area contributed by atoms with E-state index in [1.54, 1.807) is 0 Å². The van der Waals surface area contributed by atoms with Gasteiger partial charge in [-0.05, 0) is 60.5 Å². The van der Waals surface area contributed by atoms with Crippen LogP contribution in [0.15, 0.2) is 42.0 Å². The SMILES string of the molecule is CC1CC=C2C(CCC(O)C2(C)C)C1(C)Cc1cc2ccccc2[nH]1. The normalized spacial score (nSPS) is 34.6. The van der Waals surface area contributed by atoms with Gasteiger partial charge in [-0.25, -0.2) is 0 Å². The second-order valence-electron chi connectivity index (χ2n) is 9.23. The standard InChI is InChI=1S/C23H31NO/c1-15-9-10-18-19(11-12-21(25)22(18,2)3)23(15,4)14-17-13-16-7-5-6-8-20(16)24-17/h5-8,10,13,15,19,21,24-25H,9,11-12,14H2,1-4H3. The van der Waals surface area contributed by atoms with E-state index in [0.29, 0.717) is 11.8 Å². The smallest absolute Gasteiger partial charge is 0.0628 e. The summed E-state index contributed by atoms with van der Waals surface area (Å²) in [7, 11) is 0. The summed E-state index contributed by atoms with van der Waals surface area (Å²) < 4.78 is 0. The highest BCUT2D eigenvalue weighted by atomic mass is 16.3. The van der Waals surface area contributed by atoms with E-state index in [4.69, 9.17) is 0 Å². The summed E-state index contributed by atoms with van der Waals surface area (Å²) in [5.41, 5.74) is 4.23. The Morgan fingerprint density at radius 2 is 1.92 bits per heavy atom. The molecule has 1 fully saturated rings. The number of aliphatic hydroxyl groups is 1. The van der Waals surface area contributed by atoms with Gasteiger partial charge in [0.05, 0.1) is 6.10 Å². The van der Waals surface area contributed by atoms with Crippen LogP contribution in [0.2, 0.25) is 0 Å². The molecule has 25 heavy (non-hydrogen) atoms. The minimum absolute atomic E-state index is 0.0925. The van der Waals surface area contributed by atoms with Crippen molar-refractivity contribution >= 4 is 10.9 Å². The van der Waals surface area contributed by atoms with Crippen LogP contribution in [0.4, 0.5) is 0 Å². The van der Waals surface area contributed by atoms with Crippen molar-refractivity contribution in [2.24, 2.45) is 22.7 Å². The monoisotopic (exact) mass is 337 g/mol. The molecule has 2 aliphatic carbocycles. The molecule has 4 unspecified atom stereocenters. The van der Waals surface area contributed by atoms with Gasteiger partial charge in [0.2, 0.25) is 0 Å². The van der Waals surface area contributed by atoms with E-state index in [1.807, 2.05) is 0 Å². The molecule has 134 valence electrons. The highest BCUT2D eigenvalue weighted by molar-refractivity contribution is 5.80. The van der Waals surface area contributed by atoms with Crippen molar-refractivity contribution in [3.63, 3.8) is 0 Å². The molecule has 1 saturated carbocycles. The first-order valence-electron chi connectivity index (χ1n) is 9.77. The van der Waals surface area contributed by atoms with E-state index in [9.17, 15) is 5.11 Å². The maximum Gasteiger partial charge on any atom is 0.0628 e. The fourth-order valence-corrected chi connectivity index (χ4v) is 5.43. The number of aromatic amines is 1. The van der Waals surface area contributed by atoms with E-state index in [0.717, 1.165) is 25.7 Å². The molecule has 2 aromatic rings. The van der Waals surface area contributed by atoms with Crippen molar-refractivity contribution in [2.45, 2.75) is 59.5 Å². The molecule has 0 amide bonds. The van der Waals surface area contributed by atoms with Gasteiger partial charge in [-0.3, -0.25) is 0 Å². The van der Waals surface area contributed by atoms with Crippen LogP contribution >= 0.6 is 0 Å². The van der Waals surface area contributed by atoms with Crippen LogP contribution in [0.25, 0.3) is 10.9 Å². The van der Waals surface area contributed by atoms with E-state index in [2.05, 4.69) is 69.1 Å². The Labute approximate surface area is 151 Å². The van der Waals surface area contributed by atoms with Gasteiger partial charge in [-0.2, -0.15) is 0 Å². The summed E-state index contributed by atoms with van der Waals surface area (Å²) >= 11 is 0. The van der Waals surface area contributed by atoms with Crippen molar-refractivity contribution in [1.82, 2.24) is 4.98 Å². The highest BCUT2D eigenvalue weighted by Gasteiger charge is 2.50. The molecular formula is C23H31NO. The Kier molecular flexibility index (Phi) is 3.88. The number of benzene rings is 1. The molecule has 1 aromatic heterocycles. The zero-order valence-electron chi connectivity index (χ0n) is 16.0. The summed E-state index contributed by atoms with van der Waals surface area (Å²) in [5.74, 6) is 1.22. The lowest BCUT2D eigenvalue weighted by molar-refractivity contribution is -0.0112. The van der Waals surface area contributed by atoms with Crippen LogP contribution in [0.5, 0.6) is 0 Å². The molecular weight excluding hydrogens is 306 g/mol. The van der Waals surface area contributed by atoms with Gasteiger partial charge >= 0.3 is 0 Å². The quantitative estimate of drug-likeness (QED) is 0.699. The van der Waals surface area contributed by atoms with Crippen LogP contribution < -0.4 is 0 Å². The van der Waals surface area contributed by atoms with Crippen molar-refractivity contribution in [2.75, 3.05) is 0 Å². The number of aromatic nitrogens is 1. The average Bonchev–Trinajstić information content (AvgIpc) is 2.96. The third-order valence-electron chi connectivity index (χ3n) is 7.45. The summed E-state index contributed by atoms with van der Waals surface area (Å²) in [6.07, 6.45) is 6.47. The Balaban J connectivity index is 1.70. The molecule has 2 N–H and O–H groups in total. The molecule has 2 aliphatic rings. The van der Waals surface area contributed by atoms with Gasteiger partial charge in [0, 0.05) is 16.6 Å². The molecule has 2 nitrogen and oxygen atoms in total. The number of hydrogen-bond donors (Lipinski definition) is 2. The molecule has 1 aromatic carbocycles. The van der Waals surface area contributed by atoms with Gasteiger partial charge in [0.25, 0.3) is 0 Å². The topological polar surface area (TPSA) is 36.0 Å². The lowest BCUT2D eigenvalue weighted by atomic mass is 9.51. The molecule has 0 radical (unpaired) electrons.